The molecule has 0 bridgehead atoms. The lowest BCUT2D eigenvalue weighted by Crippen LogP contribution is -2.35. The third kappa shape index (κ3) is 4.81. The molecule has 0 aliphatic carbocycles. The molecule has 0 spiro atoms. The van der Waals surface area contributed by atoms with Crippen molar-refractivity contribution in [3.05, 3.63) is 71.7 Å². The lowest BCUT2D eigenvalue weighted by molar-refractivity contribution is -0.121. The summed E-state index contributed by atoms with van der Waals surface area (Å²) in [6.07, 6.45) is 0.182. The van der Waals surface area contributed by atoms with Crippen LogP contribution in [-0.4, -0.2) is 30.0 Å². The SMILES string of the molecule is N#CCCN(C(=O)COC(=O)c1csc(-c2ccccc2)n1)c1ccccc1. The van der Waals surface area contributed by atoms with Crippen molar-refractivity contribution in [1.29, 1.82) is 5.26 Å². The Labute approximate surface area is 166 Å². The number of thiazole rings is 1. The van der Waals surface area contributed by atoms with Gasteiger partial charge in [-0.1, -0.05) is 48.5 Å². The van der Waals surface area contributed by atoms with Crippen LogP contribution in [0.2, 0.25) is 0 Å². The van der Waals surface area contributed by atoms with Crippen LogP contribution in [0.25, 0.3) is 10.6 Å². The number of para-hydroxylation sites is 1. The average molecular weight is 391 g/mol. The van der Waals surface area contributed by atoms with Gasteiger partial charge in [-0.2, -0.15) is 5.26 Å². The highest BCUT2D eigenvalue weighted by atomic mass is 32.1. The van der Waals surface area contributed by atoms with E-state index in [1.54, 1.807) is 29.6 Å². The van der Waals surface area contributed by atoms with Gasteiger partial charge in [0.2, 0.25) is 0 Å². The zero-order valence-electron chi connectivity index (χ0n) is 14.9. The van der Waals surface area contributed by atoms with Crippen LogP contribution in [0.1, 0.15) is 16.9 Å². The molecule has 0 saturated heterocycles. The maximum atomic E-state index is 12.5. The molecule has 0 unspecified atom stereocenters. The van der Waals surface area contributed by atoms with E-state index in [2.05, 4.69) is 4.98 Å². The molecule has 0 fully saturated rings. The predicted molar refractivity (Wildman–Crippen MR) is 107 cm³/mol. The topological polar surface area (TPSA) is 83.3 Å². The van der Waals surface area contributed by atoms with Crippen molar-refractivity contribution < 1.29 is 14.3 Å². The average Bonchev–Trinajstić information content (AvgIpc) is 3.24. The molecule has 1 heterocycles. The maximum Gasteiger partial charge on any atom is 0.358 e. The van der Waals surface area contributed by atoms with Crippen molar-refractivity contribution in [2.75, 3.05) is 18.1 Å². The summed E-state index contributed by atoms with van der Waals surface area (Å²) in [5.74, 6) is -1.05. The molecule has 0 aliphatic rings. The first kappa shape index (κ1) is 19.3. The lowest BCUT2D eigenvalue weighted by Gasteiger charge is -2.21. The van der Waals surface area contributed by atoms with Gasteiger partial charge in [0, 0.05) is 23.2 Å². The number of nitriles is 1. The third-order valence-corrected chi connectivity index (χ3v) is 4.77. The Kier molecular flexibility index (Phi) is 6.50. The number of aromatic nitrogens is 1. The molecule has 1 aromatic heterocycles. The highest BCUT2D eigenvalue weighted by Gasteiger charge is 2.19. The summed E-state index contributed by atoms with van der Waals surface area (Å²) >= 11 is 1.34. The molecule has 7 heteroatoms. The number of benzene rings is 2. The van der Waals surface area contributed by atoms with Crippen LogP contribution in [0.5, 0.6) is 0 Å². The van der Waals surface area contributed by atoms with Crippen molar-refractivity contribution in [1.82, 2.24) is 4.98 Å². The minimum absolute atomic E-state index is 0.167. The van der Waals surface area contributed by atoms with E-state index in [1.807, 2.05) is 42.5 Å². The van der Waals surface area contributed by atoms with Crippen molar-refractivity contribution in [3.63, 3.8) is 0 Å². The standard InChI is InChI=1S/C21H17N3O3S/c22-12-7-13-24(17-10-5-2-6-11-17)19(25)14-27-21(26)18-15-28-20(23-18)16-8-3-1-4-9-16/h1-6,8-11,15H,7,13-14H2. The lowest BCUT2D eigenvalue weighted by atomic mass is 10.2. The minimum Gasteiger partial charge on any atom is -0.451 e. The Hall–Kier alpha value is -3.50. The number of ether oxygens (including phenoxy) is 1. The van der Waals surface area contributed by atoms with E-state index >= 15 is 0 Å². The summed E-state index contributed by atoms with van der Waals surface area (Å²) in [7, 11) is 0. The van der Waals surface area contributed by atoms with Gasteiger partial charge in [0.05, 0.1) is 12.5 Å². The zero-order chi connectivity index (χ0) is 19.8. The molecule has 1 amide bonds. The molecular weight excluding hydrogens is 374 g/mol. The van der Waals surface area contributed by atoms with E-state index in [1.165, 1.54) is 16.2 Å². The number of hydrogen-bond acceptors (Lipinski definition) is 6. The van der Waals surface area contributed by atoms with E-state index in [4.69, 9.17) is 10.00 Å². The van der Waals surface area contributed by atoms with Crippen LogP contribution in [0, 0.1) is 11.3 Å². The molecule has 6 nitrogen and oxygen atoms in total. The summed E-state index contributed by atoms with van der Waals surface area (Å²) in [6, 6.07) is 20.5. The Morgan fingerprint density at radius 2 is 1.75 bits per heavy atom. The molecule has 0 N–H and O–H groups in total. The van der Waals surface area contributed by atoms with Gasteiger partial charge in [-0.3, -0.25) is 4.79 Å². The number of hydrogen-bond donors (Lipinski definition) is 0. The van der Waals surface area contributed by atoms with E-state index in [0.29, 0.717) is 10.7 Å². The molecule has 140 valence electrons. The fraction of sp³-hybridized carbons (Fsp3) is 0.143. The van der Waals surface area contributed by atoms with Crippen LogP contribution in [-0.2, 0) is 9.53 Å². The normalized spacial score (nSPS) is 10.1. The highest BCUT2D eigenvalue weighted by Crippen LogP contribution is 2.23. The number of anilines is 1. The molecule has 0 atom stereocenters. The van der Waals surface area contributed by atoms with Crippen molar-refractivity contribution >= 4 is 28.9 Å². The molecule has 2 aromatic carbocycles. The number of nitrogens with zero attached hydrogens (tertiary/aromatic N) is 3. The van der Waals surface area contributed by atoms with Crippen LogP contribution >= 0.6 is 11.3 Å². The largest absolute Gasteiger partial charge is 0.451 e. The van der Waals surface area contributed by atoms with E-state index in [9.17, 15) is 9.59 Å². The van der Waals surface area contributed by atoms with Gasteiger partial charge in [-0.05, 0) is 12.1 Å². The van der Waals surface area contributed by atoms with Crippen LogP contribution in [0.3, 0.4) is 0 Å². The Bertz CT molecular complexity index is 981. The van der Waals surface area contributed by atoms with Crippen LogP contribution < -0.4 is 4.90 Å². The number of carbonyl (C=O) groups is 2. The number of carbonyl (C=O) groups excluding carboxylic acids is 2. The predicted octanol–water partition coefficient (Wildman–Crippen LogP) is 3.91. The fourth-order valence-corrected chi connectivity index (χ4v) is 3.32. The Morgan fingerprint density at radius 3 is 2.43 bits per heavy atom. The third-order valence-electron chi connectivity index (χ3n) is 3.88. The molecule has 3 aromatic rings. The highest BCUT2D eigenvalue weighted by molar-refractivity contribution is 7.13. The first-order valence-electron chi connectivity index (χ1n) is 8.59. The number of rotatable bonds is 7. The second-order valence-electron chi connectivity index (χ2n) is 5.77. The Balaban J connectivity index is 1.63. The van der Waals surface area contributed by atoms with Crippen molar-refractivity contribution in [2.24, 2.45) is 0 Å². The van der Waals surface area contributed by atoms with Crippen LogP contribution in [0.4, 0.5) is 5.69 Å². The van der Waals surface area contributed by atoms with Gasteiger partial charge >= 0.3 is 5.97 Å². The van der Waals surface area contributed by atoms with Gasteiger partial charge in [0.15, 0.2) is 12.3 Å². The van der Waals surface area contributed by atoms with Gasteiger partial charge in [0.1, 0.15) is 5.01 Å². The number of esters is 1. The second kappa shape index (κ2) is 9.44. The molecule has 0 radical (unpaired) electrons. The van der Waals surface area contributed by atoms with Crippen molar-refractivity contribution in [3.8, 4) is 16.6 Å². The quantitative estimate of drug-likeness (QED) is 0.570. The zero-order valence-corrected chi connectivity index (χ0v) is 15.8. The first-order valence-corrected chi connectivity index (χ1v) is 9.47. The Morgan fingerprint density at radius 1 is 1.07 bits per heavy atom. The maximum absolute atomic E-state index is 12.5. The summed E-state index contributed by atoms with van der Waals surface area (Å²) in [5, 5.41) is 11.1. The fourth-order valence-electron chi connectivity index (χ4n) is 2.53. The second-order valence-corrected chi connectivity index (χ2v) is 6.63. The van der Waals surface area contributed by atoms with E-state index < -0.39 is 18.5 Å². The molecule has 0 aliphatic heterocycles. The molecular formula is C21H17N3O3S. The smallest absolute Gasteiger partial charge is 0.358 e. The van der Waals surface area contributed by atoms with E-state index in [0.717, 1.165) is 5.56 Å². The first-order chi connectivity index (χ1) is 13.7. The van der Waals surface area contributed by atoms with Gasteiger partial charge < -0.3 is 9.64 Å². The monoisotopic (exact) mass is 391 g/mol. The minimum atomic E-state index is -0.653. The molecule has 0 saturated carbocycles. The van der Waals surface area contributed by atoms with Crippen LogP contribution in [0.15, 0.2) is 66.0 Å². The summed E-state index contributed by atoms with van der Waals surface area (Å²) in [6.45, 7) is -0.191. The van der Waals surface area contributed by atoms with Crippen molar-refractivity contribution in [2.45, 2.75) is 6.42 Å². The van der Waals surface area contributed by atoms with Gasteiger partial charge in [-0.15, -0.1) is 11.3 Å². The molecule has 3 rings (SSSR count). The summed E-state index contributed by atoms with van der Waals surface area (Å²) < 4.78 is 5.15. The molecule has 28 heavy (non-hydrogen) atoms. The number of amides is 1. The summed E-state index contributed by atoms with van der Waals surface area (Å²) in [5.41, 5.74) is 1.73. The van der Waals surface area contributed by atoms with Gasteiger partial charge in [-0.25, -0.2) is 9.78 Å². The van der Waals surface area contributed by atoms with Gasteiger partial charge in [0.25, 0.3) is 5.91 Å². The summed E-state index contributed by atoms with van der Waals surface area (Å²) in [4.78, 5) is 30.5. The van der Waals surface area contributed by atoms with E-state index in [-0.39, 0.29) is 18.7 Å².